The maximum atomic E-state index is 12.0. The van der Waals surface area contributed by atoms with E-state index in [9.17, 15) is 4.79 Å². The van der Waals surface area contributed by atoms with Gasteiger partial charge in [0.15, 0.2) is 6.61 Å². The molecule has 1 atom stereocenters. The number of benzene rings is 1. The molecule has 2 aromatic rings. The summed E-state index contributed by atoms with van der Waals surface area (Å²) in [5, 5.41) is 7.04. The smallest absolute Gasteiger partial charge is 0.262 e. The van der Waals surface area contributed by atoms with E-state index in [1.54, 1.807) is 29.2 Å². The highest BCUT2D eigenvalue weighted by Gasteiger charge is 2.16. The minimum atomic E-state index is -0.229. The summed E-state index contributed by atoms with van der Waals surface area (Å²) in [5.74, 6) is 1.19. The molecule has 1 aliphatic heterocycles. The molecule has 1 aromatic carbocycles. The monoisotopic (exact) mass is 359 g/mol. The normalized spacial score (nSPS) is 16.4. The highest BCUT2D eigenvalue weighted by molar-refractivity contribution is 5.91. The number of carbonyl (C=O) groups is 1. The number of hydrogen-bond donors (Lipinski definition) is 1. The molecule has 1 aromatic heterocycles. The Balaban J connectivity index is 1.41. The van der Waals surface area contributed by atoms with Crippen LogP contribution in [0.5, 0.6) is 11.5 Å². The van der Waals surface area contributed by atoms with Crippen molar-refractivity contribution in [3.05, 3.63) is 36.7 Å². The van der Waals surface area contributed by atoms with Crippen LogP contribution in [0.4, 0.5) is 5.69 Å². The molecule has 1 fully saturated rings. The molecule has 1 unspecified atom stereocenters. The quantitative estimate of drug-likeness (QED) is 0.745. The van der Waals surface area contributed by atoms with Crippen LogP contribution in [-0.4, -0.2) is 41.6 Å². The van der Waals surface area contributed by atoms with Gasteiger partial charge >= 0.3 is 0 Å². The number of anilines is 1. The first-order valence-electron chi connectivity index (χ1n) is 9.02. The number of aromatic nitrogens is 2. The fourth-order valence-corrected chi connectivity index (χ4v) is 2.72. The van der Waals surface area contributed by atoms with E-state index in [2.05, 4.69) is 17.3 Å². The summed E-state index contributed by atoms with van der Waals surface area (Å²) in [5.41, 5.74) is 0.653. The van der Waals surface area contributed by atoms with Gasteiger partial charge in [-0.25, -0.2) is 0 Å². The largest absolute Gasteiger partial charge is 0.494 e. The first-order valence-corrected chi connectivity index (χ1v) is 9.02. The van der Waals surface area contributed by atoms with E-state index >= 15 is 0 Å². The lowest BCUT2D eigenvalue weighted by Crippen LogP contribution is -2.20. The van der Waals surface area contributed by atoms with Crippen LogP contribution in [0.25, 0.3) is 0 Å². The van der Waals surface area contributed by atoms with Crippen LogP contribution in [0.3, 0.4) is 0 Å². The van der Waals surface area contributed by atoms with Crippen molar-refractivity contribution in [2.45, 2.75) is 38.8 Å². The summed E-state index contributed by atoms with van der Waals surface area (Å²) >= 11 is 0. The van der Waals surface area contributed by atoms with Gasteiger partial charge in [0.2, 0.25) is 0 Å². The minimum Gasteiger partial charge on any atom is -0.494 e. The molecule has 1 amide bonds. The van der Waals surface area contributed by atoms with Crippen LogP contribution in [0.15, 0.2) is 36.7 Å². The molecule has 0 aliphatic carbocycles. The van der Waals surface area contributed by atoms with Crippen LogP contribution < -0.4 is 14.8 Å². The minimum absolute atomic E-state index is 0.0634. The predicted octanol–water partition coefficient (Wildman–Crippen LogP) is 2.87. The Morgan fingerprint density at radius 2 is 2.08 bits per heavy atom. The van der Waals surface area contributed by atoms with Gasteiger partial charge in [0.05, 0.1) is 31.1 Å². The van der Waals surface area contributed by atoms with E-state index in [1.165, 1.54) is 0 Å². The lowest BCUT2D eigenvalue weighted by atomic mass is 10.2. The zero-order valence-electron chi connectivity index (χ0n) is 15.0. The number of carbonyl (C=O) groups excluding carboxylic acids is 1. The maximum absolute atomic E-state index is 12.0. The van der Waals surface area contributed by atoms with Gasteiger partial charge in [-0.15, -0.1) is 0 Å². The van der Waals surface area contributed by atoms with Crippen molar-refractivity contribution < 1.29 is 19.0 Å². The van der Waals surface area contributed by atoms with Crippen LogP contribution in [0.2, 0.25) is 0 Å². The van der Waals surface area contributed by atoms with Gasteiger partial charge in [0, 0.05) is 12.8 Å². The third-order valence-corrected chi connectivity index (χ3v) is 4.00. The molecule has 0 saturated carbocycles. The Morgan fingerprint density at radius 3 is 2.77 bits per heavy atom. The fourth-order valence-electron chi connectivity index (χ4n) is 2.72. The Morgan fingerprint density at radius 1 is 1.31 bits per heavy atom. The van der Waals surface area contributed by atoms with E-state index in [0.29, 0.717) is 24.6 Å². The molecule has 140 valence electrons. The molecule has 26 heavy (non-hydrogen) atoms. The van der Waals surface area contributed by atoms with Crippen LogP contribution in [0.1, 0.15) is 26.2 Å². The van der Waals surface area contributed by atoms with Crippen LogP contribution in [0, 0.1) is 0 Å². The molecule has 2 heterocycles. The van der Waals surface area contributed by atoms with Gasteiger partial charge in [-0.2, -0.15) is 5.10 Å². The molecule has 1 saturated heterocycles. The van der Waals surface area contributed by atoms with Gasteiger partial charge in [0.1, 0.15) is 11.5 Å². The Bertz CT molecular complexity index is 693. The van der Waals surface area contributed by atoms with E-state index in [4.69, 9.17) is 14.2 Å². The second-order valence-electron chi connectivity index (χ2n) is 6.24. The Labute approximate surface area is 153 Å². The molecule has 3 rings (SSSR count). The van der Waals surface area contributed by atoms with Crippen LogP contribution in [-0.2, 0) is 16.1 Å². The third-order valence-electron chi connectivity index (χ3n) is 4.00. The highest BCUT2D eigenvalue weighted by atomic mass is 16.5. The molecule has 7 nitrogen and oxygen atoms in total. The number of rotatable bonds is 9. The molecule has 0 radical (unpaired) electrons. The van der Waals surface area contributed by atoms with Gasteiger partial charge in [-0.3, -0.25) is 9.48 Å². The van der Waals surface area contributed by atoms with E-state index in [-0.39, 0.29) is 18.6 Å². The number of nitrogens with one attached hydrogen (secondary N) is 1. The summed E-state index contributed by atoms with van der Waals surface area (Å²) in [7, 11) is 0. The van der Waals surface area contributed by atoms with Gasteiger partial charge < -0.3 is 19.5 Å². The summed E-state index contributed by atoms with van der Waals surface area (Å²) in [4.78, 5) is 12.0. The third kappa shape index (κ3) is 5.49. The molecule has 0 spiro atoms. The topological polar surface area (TPSA) is 74.6 Å². The Hall–Kier alpha value is -2.54. The van der Waals surface area contributed by atoms with Crippen molar-refractivity contribution in [3.63, 3.8) is 0 Å². The predicted molar refractivity (Wildman–Crippen MR) is 97.6 cm³/mol. The van der Waals surface area contributed by atoms with E-state index in [1.807, 2.05) is 12.1 Å². The van der Waals surface area contributed by atoms with Crippen molar-refractivity contribution in [1.29, 1.82) is 0 Å². The SMILES string of the molecule is CCCOc1ccc(OCC(=O)Nc2cnn(CC3CCCO3)c2)cc1. The Kier molecular flexibility index (Phi) is 6.49. The van der Waals surface area contributed by atoms with E-state index in [0.717, 1.165) is 31.6 Å². The van der Waals surface area contributed by atoms with Gasteiger partial charge in [-0.1, -0.05) is 6.92 Å². The summed E-state index contributed by atoms with van der Waals surface area (Å²) in [6.45, 7) is 4.20. The number of hydrogen-bond acceptors (Lipinski definition) is 5. The van der Waals surface area contributed by atoms with Crippen molar-refractivity contribution in [2.24, 2.45) is 0 Å². The second kappa shape index (κ2) is 9.24. The molecule has 7 heteroatoms. The van der Waals surface area contributed by atoms with Gasteiger partial charge in [-0.05, 0) is 43.5 Å². The first kappa shape index (κ1) is 18.3. The van der Waals surface area contributed by atoms with E-state index < -0.39 is 0 Å². The summed E-state index contributed by atoms with van der Waals surface area (Å²) in [6, 6.07) is 7.24. The first-order chi connectivity index (χ1) is 12.7. The lowest BCUT2D eigenvalue weighted by Gasteiger charge is -2.09. The number of amides is 1. The standard InChI is InChI=1S/C19H25N3O4/c1-2-9-24-16-5-7-17(8-6-16)26-14-19(23)21-15-11-20-22(12-15)13-18-4-3-10-25-18/h5-8,11-12,18H,2-4,9-10,13-14H2,1H3,(H,21,23). The summed E-state index contributed by atoms with van der Waals surface area (Å²) in [6.07, 6.45) is 6.76. The highest BCUT2D eigenvalue weighted by Crippen LogP contribution is 2.18. The average Bonchev–Trinajstić information content (AvgIpc) is 3.32. The molecule has 1 aliphatic rings. The fraction of sp³-hybridized carbons (Fsp3) is 0.474. The zero-order chi connectivity index (χ0) is 18.2. The van der Waals surface area contributed by atoms with Crippen molar-refractivity contribution in [2.75, 3.05) is 25.1 Å². The number of ether oxygens (including phenoxy) is 3. The molecule has 1 N–H and O–H groups in total. The zero-order valence-corrected chi connectivity index (χ0v) is 15.0. The average molecular weight is 359 g/mol. The molecular weight excluding hydrogens is 334 g/mol. The summed E-state index contributed by atoms with van der Waals surface area (Å²) < 4.78 is 18.4. The molecule has 0 bridgehead atoms. The maximum Gasteiger partial charge on any atom is 0.262 e. The van der Waals surface area contributed by atoms with Crippen LogP contribution >= 0.6 is 0 Å². The van der Waals surface area contributed by atoms with Crippen molar-refractivity contribution in [1.82, 2.24) is 9.78 Å². The molecular formula is C19H25N3O4. The van der Waals surface area contributed by atoms with Crippen molar-refractivity contribution in [3.8, 4) is 11.5 Å². The number of nitrogens with zero attached hydrogens (tertiary/aromatic N) is 2. The van der Waals surface area contributed by atoms with Gasteiger partial charge in [0.25, 0.3) is 5.91 Å². The van der Waals surface area contributed by atoms with Crippen molar-refractivity contribution >= 4 is 11.6 Å². The second-order valence-corrected chi connectivity index (χ2v) is 6.24. The lowest BCUT2D eigenvalue weighted by molar-refractivity contribution is -0.118.